The molecular formula is C25H30N2O3. The molecule has 5 heteroatoms. The molecule has 158 valence electrons. The molecule has 1 saturated heterocycles. The van der Waals surface area contributed by atoms with Crippen molar-refractivity contribution in [3.8, 4) is 16.9 Å². The Morgan fingerprint density at radius 3 is 2.50 bits per heavy atom. The Labute approximate surface area is 178 Å². The van der Waals surface area contributed by atoms with Gasteiger partial charge in [-0.15, -0.1) is 0 Å². The molecule has 1 saturated carbocycles. The molecule has 1 N–H and O–H groups in total. The number of hydrogen-bond donors (Lipinski definition) is 1. The summed E-state index contributed by atoms with van der Waals surface area (Å²) in [7, 11) is 0. The van der Waals surface area contributed by atoms with Crippen molar-refractivity contribution in [1.29, 1.82) is 0 Å². The van der Waals surface area contributed by atoms with E-state index in [0.717, 1.165) is 35.4 Å². The highest BCUT2D eigenvalue weighted by atomic mass is 16.5. The van der Waals surface area contributed by atoms with E-state index < -0.39 is 0 Å². The van der Waals surface area contributed by atoms with E-state index >= 15 is 0 Å². The van der Waals surface area contributed by atoms with Gasteiger partial charge in [-0.1, -0.05) is 55.7 Å². The van der Waals surface area contributed by atoms with E-state index in [4.69, 9.17) is 4.74 Å². The summed E-state index contributed by atoms with van der Waals surface area (Å²) in [5.41, 5.74) is 2.61. The normalized spacial score (nSPS) is 19.7. The Kier molecular flexibility index (Phi) is 6.36. The molecule has 2 aliphatic rings. The maximum absolute atomic E-state index is 13.1. The number of ether oxygens (including phenoxy) is 1. The summed E-state index contributed by atoms with van der Waals surface area (Å²) in [6.07, 6.45) is 6.05. The predicted octanol–water partition coefficient (Wildman–Crippen LogP) is 4.87. The molecule has 1 atom stereocenters. The molecule has 2 fully saturated rings. The zero-order chi connectivity index (χ0) is 20.9. The monoisotopic (exact) mass is 406 g/mol. The third kappa shape index (κ3) is 4.35. The molecule has 5 nitrogen and oxygen atoms in total. The van der Waals surface area contributed by atoms with Crippen LogP contribution in [0.5, 0.6) is 5.75 Å². The van der Waals surface area contributed by atoms with Gasteiger partial charge in [-0.05, 0) is 31.9 Å². The zero-order valence-corrected chi connectivity index (χ0v) is 17.6. The van der Waals surface area contributed by atoms with Crippen molar-refractivity contribution in [2.24, 2.45) is 5.92 Å². The van der Waals surface area contributed by atoms with Gasteiger partial charge in [0.25, 0.3) is 0 Å². The topological polar surface area (TPSA) is 58.6 Å². The first-order valence-corrected chi connectivity index (χ1v) is 11.1. The summed E-state index contributed by atoms with van der Waals surface area (Å²) < 4.78 is 5.78. The van der Waals surface area contributed by atoms with E-state index in [1.165, 1.54) is 19.3 Å². The molecule has 4 rings (SSSR count). The molecule has 30 heavy (non-hydrogen) atoms. The molecule has 0 radical (unpaired) electrons. The van der Waals surface area contributed by atoms with Gasteiger partial charge in [0.2, 0.25) is 11.8 Å². The number of nitrogens with zero attached hydrogens (tertiary/aromatic N) is 1. The Balaban J connectivity index is 1.50. The lowest BCUT2D eigenvalue weighted by molar-refractivity contribution is -0.130. The minimum Gasteiger partial charge on any atom is -0.493 e. The smallest absolute Gasteiger partial charge is 0.229 e. The molecule has 0 spiro atoms. The fourth-order valence-corrected chi connectivity index (χ4v) is 4.69. The van der Waals surface area contributed by atoms with E-state index in [1.807, 2.05) is 60.4 Å². The van der Waals surface area contributed by atoms with E-state index in [-0.39, 0.29) is 17.7 Å². The van der Waals surface area contributed by atoms with E-state index in [1.54, 1.807) is 0 Å². The van der Waals surface area contributed by atoms with Crippen molar-refractivity contribution in [3.63, 3.8) is 0 Å². The number of carbonyl (C=O) groups excluding carboxylic acids is 2. The van der Waals surface area contributed by atoms with Gasteiger partial charge in [-0.25, -0.2) is 0 Å². The fraction of sp³-hybridized carbons (Fsp3) is 0.440. The van der Waals surface area contributed by atoms with Crippen molar-refractivity contribution < 1.29 is 14.3 Å². The average Bonchev–Trinajstić information content (AvgIpc) is 3.17. The third-order valence-corrected chi connectivity index (χ3v) is 6.21. The van der Waals surface area contributed by atoms with Crippen molar-refractivity contribution in [1.82, 2.24) is 4.90 Å². The lowest BCUT2D eigenvalue weighted by Crippen LogP contribution is -2.38. The summed E-state index contributed by atoms with van der Waals surface area (Å²) in [6.45, 7) is 3.07. The van der Waals surface area contributed by atoms with Gasteiger partial charge in [0.05, 0.1) is 12.5 Å². The largest absolute Gasteiger partial charge is 0.493 e. The van der Waals surface area contributed by atoms with Gasteiger partial charge in [-0.3, -0.25) is 9.59 Å². The van der Waals surface area contributed by atoms with Crippen LogP contribution in [0.15, 0.2) is 48.5 Å². The Morgan fingerprint density at radius 2 is 1.73 bits per heavy atom. The number of carbonyl (C=O) groups is 2. The van der Waals surface area contributed by atoms with Crippen LogP contribution >= 0.6 is 0 Å². The molecule has 1 aliphatic carbocycles. The number of amides is 2. The van der Waals surface area contributed by atoms with Crippen LogP contribution in [0.2, 0.25) is 0 Å². The number of rotatable bonds is 6. The first kappa shape index (κ1) is 20.5. The van der Waals surface area contributed by atoms with Crippen LogP contribution in [0.25, 0.3) is 11.1 Å². The van der Waals surface area contributed by atoms with Crippen molar-refractivity contribution in [2.75, 3.05) is 18.5 Å². The van der Waals surface area contributed by atoms with E-state index in [0.29, 0.717) is 25.6 Å². The third-order valence-electron chi connectivity index (χ3n) is 6.21. The summed E-state index contributed by atoms with van der Waals surface area (Å²) >= 11 is 0. The van der Waals surface area contributed by atoms with Crippen LogP contribution in [0.3, 0.4) is 0 Å². The second kappa shape index (κ2) is 9.33. The summed E-state index contributed by atoms with van der Waals surface area (Å²) in [5.74, 6) is 0.538. The van der Waals surface area contributed by atoms with Crippen LogP contribution < -0.4 is 10.1 Å². The van der Waals surface area contributed by atoms with Gasteiger partial charge < -0.3 is 15.0 Å². The van der Waals surface area contributed by atoms with Crippen molar-refractivity contribution in [3.05, 3.63) is 48.5 Å². The fourth-order valence-electron chi connectivity index (χ4n) is 4.69. The van der Waals surface area contributed by atoms with E-state index in [2.05, 4.69) is 5.32 Å². The molecule has 0 aromatic heterocycles. The first-order valence-electron chi connectivity index (χ1n) is 11.1. The lowest BCUT2D eigenvalue weighted by Gasteiger charge is -2.31. The highest BCUT2D eigenvalue weighted by Crippen LogP contribution is 2.36. The van der Waals surface area contributed by atoms with Gasteiger partial charge in [0, 0.05) is 35.8 Å². The van der Waals surface area contributed by atoms with Crippen LogP contribution in [0, 0.1) is 5.92 Å². The predicted molar refractivity (Wildman–Crippen MR) is 118 cm³/mol. The van der Waals surface area contributed by atoms with Crippen molar-refractivity contribution >= 4 is 17.5 Å². The lowest BCUT2D eigenvalue weighted by atomic mass is 9.94. The Morgan fingerprint density at radius 1 is 1.03 bits per heavy atom. The number of hydrogen-bond acceptors (Lipinski definition) is 3. The van der Waals surface area contributed by atoms with Crippen molar-refractivity contribution in [2.45, 2.75) is 51.5 Å². The molecule has 2 aromatic rings. The molecule has 2 amide bonds. The van der Waals surface area contributed by atoms with E-state index in [9.17, 15) is 9.59 Å². The number of para-hydroxylation sites is 2. The molecule has 1 aliphatic heterocycles. The maximum atomic E-state index is 13.1. The molecule has 1 heterocycles. The standard InChI is InChI=1S/C25H30N2O3/c1-2-30-23-15-9-7-13-21(23)20-12-6-8-14-22(20)26-25(29)18-16-24(28)27(17-18)19-10-4-3-5-11-19/h6-9,12-15,18-19H,2-5,10-11,16-17H2,1H3,(H,26,29). The number of anilines is 1. The minimum absolute atomic E-state index is 0.0806. The average molecular weight is 407 g/mol. The first-order chi connectivity index (χ1) is 14.7. The SMILES string of the molecule is CCOc1ccccc1-c1ccccc1NC(=O)C1CC(=O)N(C2CCCCC2)C1. The molecule has 2 aromatic carbocycles. The summed E-state index contributed by atoms with van der Waals surface area (Å²) in [6, 6.07) is 15.9. The molecular weight excluding hydrogens is 376 g/mol. The number of nitrogens with one attached hydrogen (secondary N) is 1. The highest BCUT2D eigenvalue weighted by molar-refractivity contribution is 6.00. The Bertz CT molecular complexity index is 905. The van der Waals surface area contributed by atoms with Crippen LogP contribution in [-0.2, 0) is 9.59 Å². The minimum atomic E-state index is -0.297. The molecule has 0 bridgehead atoms. The van der Waals surface area contributed by atoms with Crippen LogP contribution in [0.1, 0.15) is 45.4 Å². The molecule has 1 unspecified atom stereocenters. The van der Waals surface area contributed by atoms with Crippen LogP contribution in [0.4, 0.5) is 5.69 Å². The number of likely N-dealkylation sites (tertiary alicyclic amines) is 1. The second-order valence-electron chi connectivity index (χ2n) is 8.20. The number of benzene rings is 2. The second-order valence-corrected chi connectivity index (χ2v) is 8.20. The summed E-state index contributed by atoms with van der Waals surface area (Å²) in [4.78, 5) is 27.6. The highest BCUT2D eigenvalue weighted by Gasteiger charge is 2.38. The van der Waals surface area contributed by atoms with Gasteiger partial charge >= 0.3 is 0 Å². The zero-order valence-electron chi connectivity index (χ0n) is 17.6. The Hall–Kier alpha value is -2.82. The van der Waals surface area contributed by atoms with Crippen LogP contribution in [-0.4, -0.2) is 35.9 Å². The van der Waals surface area contributed by atoms with Gasteiger partial charge in [0.15, 0.2) is 0 Å². The van der Waals surface area contributed by atoms with Gasteiger partial charge in [-0.2, -0.15) is 0 Å². The quantitative estimate of drug-likeness (QED) is 0.744. The maximum Gasteiger partial charge on any atom is 0.229 e. The summed E-state index contributed by atoms with van der Waals surface area (Å²) in [5, 5.41) is 3.09. The van der Waals surface area contributed by atoms with Gasteiger partial charge in [0.1, 0.15) is 5.75 Å².